The molecule has 194 valence electrons. The molecule has 0 bridgehead atoms. The van der Waals surface area contributed by atoms with Gasteiger partial charge in [0.25, 0.3) is 0 Å². The summed E-state index contributed by atoms with van der Waals surface area (Å²) < 4.78 is 22.2. The van der Waals surface area contributed by atoms with Crippen molar-refractivity contribution >= 4 is 23.4 Å². The predicted octanol–water partition coefficient (Wildman–Crippen LogP) is 5.40. The van der Waals surface area contributed by atoms with Crippen molar-refractivity contribution in [3.63, 3.8) is 0 Å². The molecule has 0 spiro atoms. The van der Waals surface area contributed by atoms with Crippen LogP contribution in [0.15, 0.2) is 65.0 Å². The second kappa shape index (κ2) is 10.6. The van der Waals surface area contributed by atoms with E-state index in [1.807, 2.05) is 63.2 Å². The average Bonchev–Trinajstić information content (AvgIpc) is 3.33. The zero-order valence-corrected chi connectivity index (χ0v) is 21.9. The SMILES string of the molecule is CC1=C(C(=O)OCCOC(C)C)[C@H](c2ccc3c(c2)OCO3)C2=C(C[C@H](c3ccccc3Cl)CC2=O)N1. The number of allylic oxidation sites excluding steroid dienone is 3. The molecule has 2 heterocycles. The standard InChI is InChI=1S/C29H30ClNO6/c1-16(2)34-10-11-35-29(33)26-17(3)31-22-12-19(20-6-4-5-7-21(20)30)13-23(32)28(22)27(26)18-8-9-24-25(14-18)37-15-36-24/h4-9,14,16,19,27,31H,10-13,15H2,1-3H3/t19-,27-/m0/s1. The molecular weight excluding hydrogens is 494 g/mol. The maximum absolute atomic E-state index is 13.8. The summed E-state index contributed by atoms with van der Waals surface area (Å²) in [6, 6.07) is 13.2. The first-order chi connectivity index (χ1) is 17.8. The molecular formula is C29H30ClNO6. The van der Waals surface area contributed by atoms with Gasteiger partial charge in [0.05, 0.1) is 18.3 Å². The van der Waals surface area contributed by atoms with Gasteiger partial charge in [-0.3, -0.25) is 4.79 Å². The minimum Gasteiger partial charge on any atom is -0.460 e. The van der Waals surface area contributed by atoms with Gasteiger partial charge in [0.2, 0.25) is 6.79 Å². The molecule has 0 saturated heterocycles. The number of ether oxygens (including phenoxy) is 4. The summed E-state index contributed by atoms with van der Waals surface area (Å²) in [6.07, 6.45) is 0.943. The topological polar surface area (TPSA) is 83.1 Å². The molecule has 7 nitrogen and oxygen atoms in total. The molecule has 2 atom stereocenters. The molecule has 0 fully saturated rings. The van der Waals surface area contributed by atoms with Crippen LogP contribution in [0.3, 0.4) is 0 Å². The largest absolute Gasteiger partial charge is 0.460 e. The fraction of sp³-hybridized carbons (Fsp3) is 0.379. The number of dihydropyridines is 1. The van der Waals surface area contributed by atoms with E-state index in [1.165, 1.54) is 0 Å². The van der Waals surface area contributed by atoms with Gasteiger partial charge in [-0.15, -0.1) is 0 Å². The molecule has 0 saturated carbocycles. The Hall–Kier alpha value is -3.29. The zero-order valence-electron chi connectivity index (χ0n) is 21.1. The zero-order chi connectivity index (χ0) is 26.1. The molecule has 2 aromatic rings. The number of rotatable bonds is 7. The van der Waals surface area contributed by atoms with Crippen molar-refractivity contribution in [3.8, 4) is 11.5 Å². The second-order valence-corrected chi connectivity index (χ2v) is 10.1. The van der Waals surface area contributed by atoms with Gasteiger partial charge in [-0.1, -0.05) is 35.9 Å². The first-order valence-electron chi connectivity index (χ1n) is 12.5. The first kappa shape index (κ1) is 25.4. The van der Waals surface area contributed by atoms with E-state index >= 15 is 0 Å². The third-order valence-corrected chi connectivity index (χ3v) is 7.23. The summed E-state index contributed by atoms with van der Waals surface area (Å²) >= 11 is 6.48. The fourth-order valence-electron chi connectivity index (χ4n) is 5.26. The Morgan fingerprint density at radius 3 is 2.68 bits per heavy atom. The van der Waals surface area contributed by atoms with Crippen LogP contribution in [0.25, 0.3) is 0 Å². The normalized spacial score (nSPS) is 20.7. The fourth-order valence-corrected chi connectivity index (χ4v) is 5.55. The highest BCUT2D eigenvalue weighted by molar-refractivity contribution is 6.31. The van der Waals surface area contributed by atoms with Crippen LogP contribution in [0.1, 0.15) is 56.6 Å². The highest BCUT2D eigenvalue weighted by Crippen LogP contribution is 2.48. The lowest BCUT2D eigenvalue weighted by Crippen LogP contribution is -2.36. The number of nitrogens with one attached hydrogen (secondary N) is 1. The van der Waals surface area contributed by atoms with E-state index in [-0.39, 0.29) is 31.2 Å². The van der Waals surface area contributed by atoms with E-state index in [9.17, 15) is 9.59 Å². The Morgan fingerprint density at radius 1 is 1.11 bits per heavy atom. The number of hydrogen-bond donors (Lipinski definition) is 1. The van der Waals surface area contributed by atoms with Gasteiger partial charge in [0.1, 0.15) is 6.61 Å². The van der Waals surface area contributed by atoms with Gasteiger partial charge in [-0.2, -0.15) is 0 Å². The molecule has 2 aliphatic heterocycles. The summed E-state index contributed by atoms with van der Waals surface area (Å²) in [5.41, 5.74) is 4.17. The van der Waals surface area contributed by atoms with Crippen LogP contribution in [-0.4, -0.2) is 37.9 Å². The van der Waals surface area contributed by atoms with Gasteiger partial charge >= 0.3 is 5.97 Å². The van der Waals surface area contributed by atoms with E-state index in [0.717, 1.165) is 16.8 Å². The molecule has 0 aromatic heterocycles. The number of esters is 1. The van der Waals surface area contributed by atoms with Gasteiger partial charge in [0, 0.05) is 34.3 Å². The molecule has 5 rings (SSSR count). The van der Waals surface area contributed by atoms with Crippen molar-refractivity contribution in [2.75, 3.05) is 20.0 Å². The van der Waals surface area contributed by atoms with Crippen molar-refractivity contribution in [2.45, 2.75) is 51.6 Å². The van der Waals surface area contributed by atoms with Crippen LogP contribution < -0.4 is 14.8 Å². The number of ketones is 1. The molecule has 37 heavy (non-hydrogen) atoms. The maximum atomic E-state index is 13.8. The maximum Gasteiger partial charge on any atom is 0.336 e. The van der Waals surface area contributed by atoms with E-state index in [1.54, 1.807) is 0 Å². The number of carbonyl (C=O) groups is 2. The summed E-state index contributed by atoms with van der Waals surface area (Å²) in [5, 5.41) is 4.01. The van der Waals surface area contributed by atoms with Crippen LogP contribution >= 0.6 is 11.6 Å². The van der Waals surface area contributed by atoms with Crippen LogP contribution in [0.4, 0.5) is 0 Å². The Balaban J connectivity index is 1.51. The number of benzene rings is 2. The summed E-state index contributed by atoms with van der Waals surface area (Å²) in [4.78, 5) is 27.2. The Labute approximate surface area is 221 Å². The highest BCUT2D eigenvalue weighted by atomic mass is 35.5. The highest BCUT2D eigenvalue weighted by Gasteiger charge is 2.42. The third kappa shape index (κ3) is 5.11. The van der Waals surface area contributed by atoms with E-state index in [0.29, 0.717) is 52.8 Å². The third-order valence-electron chi connectivity index (χ3n) is 6.89. The van der Waals surface area contributed by atoms with Crippen molar-refractivity contribution in [2.24, 2.45) is 0 Å². The smallest absolute Gasteiger partial charge is 0.336 e. The Morgan fingerprint density at radius 2 is 1.89 bits per heavy atom. The average molecular weight is 524 g/mol. The lowest BCUT2D eigenvalue weighted by Gasteiger charge is -2.37. The predicted molar refractivity (Wildman–Crippen MR) is 139 cm³/mol. The molecule has 1 N–H and O–H groups in total. The first-order valence-corrected chi connectivity index (χ1v) is 12.9. The number of carbonyl (C=O) groups excluding carboxylic acids is 2. The summed E-state index contributed by atoms with van der Waals surface area (Å²) in [6.45, 7) is 6.24. The molecule has 0 radical (unpaired) electrons. The molecule has 8 heteroatoms. The molecule has 0 amide bonds. The van der Waals surface area contributed by atoms with Crippen molar-refractivity contribution in [1.29, 1.82) is 0 Å². The number of Topliss-reactive ketones (excluding diaryl/α,β-unsaturated/α-hetero) is 1. The van der Waals surface area contributed by atoms with E-state index in [2.05, 4.69) is 5.32 Å². The minimum absolute atomic E-state index is 0.0257. The van der Waals surface area contributed by atoms with Crippen molar-refractivity contribution in [3.05, 3.63) is 81.2 Å². The Kier molecular flexibility index (Phi) is 7.26. The van der Waals surface area contributed by atoms with E-state index in [4.69, 9.17) is 30.5 Å². The van der Waals surface area contributed by atoms with Crippen LogP contribution in [-0.2, 0) is 19.1 Å². The monoisotopic (exact) mass is 523 g/mol. The molecule has 1 aliphatic carbocycles. The number of fused-ring (bicyclic) bond motifs is 1. The summed E-state index contributed by atoms with van der Waals surface area (Å²) in [7, 11) is 0. The molecule has 2 aromatic carbocycles. The summed E-state index contributed by atoms with van der Waals surface area (Å²) in [5.74, 6) is 0.0700. The van der Waals surface area contributed by atoms with Gasteiger partial charge in [-0.05, 0) is 62.4 Å². The minimum atomic E-state index is -0.594. The molecule has 0 unspecified atom stereocenters. The van der Waals surface area contributed by atoms with Crippen LogP contribution in [0.5, 0.6) is 11.5 Å². The van der Waals surface area contributed by atoms with Crippen LogP contribution in [0.2, 0.25) is 5.02 Å². The van der Waals surface area contributed by atoms with Gasteiger partial charge in [0.15, 0.2) is 17.3 Å². The van der Waals surface area contributed by atoms with Gasteiger partial charge < -0.3 is 24.3 Å². The van der Waals surface area contributed by atoms with Crippen molar-refractivity contribution < 1.29 is 28.5 Å². The lowest BCUT2D eigenvalue weighted by atomic mass is 9.71. The van der Waals surface area contributed by atoms with E-state index < -0.39 is 11.9 Å². The van der Waals surface area contributed by atoms with Crippen molar-refractivity contribution in [1.82, 2.24) is 5.32 Å². The number of hydrogen-bond acceptors (Lipinski definition) is 7. The molecule has 3 aliphatic rings. The van der Waals surface area contributed by atoms with Gasteiger partial charge in [-0.25, -0.2) is 4.79 Å². The Bertz CT molecular complexity index is 1300. The quantitative estimate of drug-likeness (QED) is 0.384. The number of halogens is 1. The lowest BCUT2D eigenvalue weighted by molar-refractivity contribution is -0.141. The van der Waals surface area contributed by atoms with Crippen LogP contribution in [0, 0.1) is 0 Å². The second-order valence-electron chi connectivity index (χ2n) is 9.71.